The summed E-state index contributed by atoms with van der Waals surface area (Å²) < 4.78 is 72.6. The summed E-state index contributed by atoms with van der Waals surface area (Å²) in [6.07, 6.45) is -4.01. The van der Waals surface area contributed by atoms with Crippen LogP contribution in [0, 0.1) is 0 Å². The molecule has 0 aliphatic heterocycles. The van der Waals surface area contributed by atoms with Gasteiger partial charge in [-0.15, -0.1) is 0 Å². The van der Waals surface area contributed by atoms with E-state index in [1.54, 1.807) is 75.4 Å². The molecule has 0 saturated heterocycles. The maximum atomic E-state index is 14.1. The molecule has 0 aliphatic rings. The van der Waals surface area contributed by atoms with E-state index in [-0.39, 0.29) is 13.0 Å². The molecule has 3 aromatic rings. The third-order valence-electron chi connectivity index (χ3n) is 6.48. The fourth-order valence-corrected chi connectivity index (χ4v) is 5.54. The molecule has 1 N–H and O–H groups in total. The van der Waals surface area contributed by atoms with E-state index in [2.05, 4.69) is 5.32 Å². The molecule has 0 bridgehead atoms. The van der Waals surface area contributed by atoms with Crippen molar-refractivity contribution >= 4 is 39.1 Å². The third kappa shape index (κ3) is 9.62. The highest BCUT2D eigenvalue weighted by molar-refractivity contribution is 7.92. The topological polar surface area (TPSA) is 96.0 Å². The van der Waals surface area contributed by atoms with Gasteiger partial charge in [-0.25, -0.2) is 8.42 Å². The van der Waals surface area contributed by atoms with E-state index in [0.29, 0.717) is 21.7 Å². The minimum Gasteiger partial charge on any atom is -0.497 e. The monoisotopic (exact) mass is 653 g/mol. The van der Waals surface area contributed by atoms with Gasteiger partial charge in [0.05, 0.1) is 29.6 Å². The summed E-state index contributed by atoms with van der Waals surface area (Å²) in [7, 11) is -2.81. The predicted molar refractivity (Wildman–Crippen MR) is 164 cm³/mol. The minimum absolute atomic E-state index is 0.0799. The number of alkyl halides is 3. The Bertz CT molecular complexity index is 1580. The standard InChI is InChI=1S/C31H35ClF3N3O5S/c1-30(2,3)36-29(40)27(17-21-10-7-6-8-11-21)37(19-22-12-9-13-24(16-22)43-4)28(39)20-38(44(5,41)42)23-14-15-26(32)25(18-23)31(33,34)35/h6-16,18,27H,17,19-20H2,1-5H3,(H,36,40). The molecule has 3 rings (SSSR count). The van der Waals surface area contributed by atoms with Gasteiger partial charge in [-0.2, -0.15) is 13.2 Å². The van der Waals surface area contributed by atoms with E-state index in [9.17, 15) is 31.2 Å². The van der Waals surface area contributed by atoms with E-state index >= 15 is 0 Å². The molecule has 2 amide bonds. The first-order valence-electron chi connectivity index (χ1n) is 13.5. The molecular weight excluding hydrogens is 619 g/mol. The maximum absolute atomic E-state index is 14.1. The van der Waals surface area contributed by atoms with Gasteiger partial charge in [-0.3, -0.25) is 13.9 Å². The first-order valence-corrected chi connectivity index (χ1v) is 15.7. The molecule has 44 heavy (non-hydrogen) atoms. The normalized spacial score (nSPS) is 12.8. The number of halogens is 4. The van der Waals surface area contributed by atoms with E-state index in [0.717, 1.165) is 24.0 Å². The molecule has 8 nitrogen and oxygen atoms in total. The van der Waals surface area contributed by atoms with Crippen molar-refractivity contribution in [3.63, 3.8) is 0 Å². The molecule has 0 heterocycles. The maximum Gasteiger partial charge on any atom is 0.417 e. The fourth-order valence-electron chi connectivity index (χ4n) is 4.47. The number of benzene rings is 3. The van der Waals surface area contributed by atoms with Crippen molar-refractivity contribution in [1.29, 1.82) is 0 Å². The average molecular weight is 654 g/mol. The minimum atomic E-state index is -4.87. The number of methoxy groups -OCH3 is 1. The summed E-state index contributed by atoms with van der Waals surface area (Å²) in [6.45, 7) is 4.33. The Balaban J connectivity index is 2.13. The van der Waals surface area contributed by atoms with Gasteiger partial charge in [0.2, 0.25) is 21.8 Å². The van der Waals surface area contributed by atoms with E-state index in [1.807, 2.05) is 0 Å². The van der Waals surface area contributed by atoms with Crippen LogP contribution in [0.25, 0.3) is 0 Å². The van der Waals surface area contributed by atoms with E-state index in [4.69, 9.17) is 16.3 Å². The van der Waals surface area contributed by atoms with Crippen molar-refractivity contribution in [1.82, 2.24) is 10.2 Å². The predicted octanol–water partition coefficient (Wildman–Crippen LogP) is 5.69. The van der Waals surface area contributed by atoms with Crippen molar-refractivity contribution in [2.45, 2.75) is 51.5 Å². The molecule has 0 aliphatic carbocycles. The van der Waals surface area contributed by atoms with Crippen LogP contribution in [-0.2, 0) is 38.8 Å². The summed E-state index contributed by atoms with van der Waals surface area (Å²) in [5.74, 6) is -0.812. The number of carbonyl (C=O) groups is 2. The summed E-state index contributed by atoms with van der Waals surface area (Å²) in [5, 5.41) is 2.28. The van der Waals surface area contributed by atoms with Crippen LogP contribution >= 0.6 is 11.6 Å². The first kappa shape index (κ1) is 34.7. The first-order chi connectivity index (χ1) is 20.4. The number of nitrogens with zero attached hydrogens (tertiary/aromatic N) is 2. The molecule has 0 radical (unpaired) electrons. The number of ether oxygens (including phenoxy) is 1. The molecule has 238 valence electrons. The molecule has 0 saturated carbocycles. The lowest BCUT2D eigenvalue weighted by molar-refractivity contribution is -0.140. The number of hydrogen-bond donors (Lipinski definition) is 1. The van der Waals surface area contributed by atoms with Gasteiger partial charge in [-0.05, 0) is 62.2 Å². The van der Waals surface area contributed by atoms with E-state index < -0.39 is 62.4 Å². The molecule has 1 unspecified atom stereocenters. The van der Waals surface area contributed by atoms with Crippen molar-refractivity contribution in [3.8, 4) is 5.75 Å². The fraction of sp³-hybridized carbons (Fsp3) is 0.355. The zero-order valence-electron chi connectivity index (χ0n) is 25.0. The van der Waals surface area contributed by atoms with Crippen molar-refractivity contribution in [2.75, 3.05) is 24.2 Å². The second kappa shape index (κ2) is 13.9. The zero-order valence-corrected chi connectivity index (χ0v) is 26.6. The smallest absolute Gasteiger partial charge is 0.417 e. The molecule has 3 aromatic carbocycles. The highest BCUT2D eigenvalue weighted by Crippen LogP contribution is 2.37. The summed E-state index contributed by atoms with van der Waals surface area (Å²) >= 11 is 5.76. The van der Waals surface area contributed by atoms with E-state index in [1.165, 1.54) is 12.0 Å². The van der Waals surface area contributed by atoms with Crippen LogP contribution in [-0.4, -0.2) is 56.6 Å². The largest absolute Gasteiger partial charge is 0.497 e. The van der Waals surface area contributed by atoms with Crippen LogP contribution < -0.4 is 14.4 Å². The summed E-state index contributed by atoms with van der Waals surface area (Å²) in [5.41, 5.74) is -1.02. The van der Waals surface area contributed by atoms with Crippen molar-refractivity contribution in [3.05, 3.63) is 94.5 Å². The lowest BCUT2D eigenvalue weighted by atomic mass is 10.0. The highest BCUT2D eigenvalue weighted by atomic mass is 35.5. The van der Waals surface area contributed by atoms with Gasteiger partial charge >= 0.3 is 6.18 Å². The zero-order chi connectivity index (χ0) is 32.9. The Morgan fingerprint density at radius 1 is 0.955 bits per heavy atom. The van der Waals surface area contributed by atoms with Crippen molar-refractivity contribution < 1.29 is 35.9 Å². The number of carbonyl (C=O) groups excluding carboxylic acids is 2. The number of rotatable bonds is 11. The molecule has 0 spiro atoms. The van der Waals surface area contributed by atoms with Crippen LogP contribution in [0.3, 0.4) is 0 Å². The highest BCUT2D eigenvalue weighted by Gasteiger charge is 2.37. The average Bonchev–Trinajstić information content (AvgIpc) is 2.92. The van der Waals surface area contributed by atoms with Crippen LogP contribution in [0.15, 0.2) is 72.8 Å². The van der Waals surface area contributed by atoms with Crippen LogP contribution in [0.2, 0.25) is 5.02 Å². The Labute approximate surface area is 260 Å². The van der Waals surface area contributed by atoms with Gasteiger partial charge in [0, 0.05) is 18.5 Å². The van der Waals surface area contributed by atoms with Gasteiger partial charge in [0.1, 0.15) is 18.3 Å². The van der Waals surface area contributed by atoms with Gasteiger partial charge in [0.25, 0.3) is 0 Å². The second-order valence-electron chi connectivity index (χ2n) is 11.2. The lowest BCUT2D eigenvalue weighted by Gasteiger charge is -2.35. The molecule has 1 atom stereocenters. The van der Waals surface area contributed by atoms with Crippen LogP contribution in [0.1, 0.15) is 37.5 Å². The van der Waals surface area contributed by atoms with Gasteiger partial charge in [-0.1, -0.05) is 54.1 Å². The summed E-state index contributed by atoms with van der Waals surface area (Å²) in [4.78, 5) is 29.1. The summed E-state index contributed by atoms with van der Waals surface area (Å²) in [6, 6.07) is 17.2. The number of hydrogen-bond acceptors (Lipinski definition) is 5. The quantitative estimate of drug-likeness (QED) is 0.287. The number of amides is 2. The molecule has 0 fully saturated rings. The molecule has 0 aromatic heterocycles. The Morgan fingerprint density at radius 2 is 1.59 bits per heavy atom. The van der Waals surface area contributed by atoms with Crippen LogP contribution in [0.5, 0.6) is 5.75 Å². The molecule has 13 heteroatoms. The Kier molecular flexibility index (Phi) is 11.0. The van der Waals surface area contributed by atoms with Gasteiger partial charge in [0.15, 0.2) is 0 Å². The van der Waals surface area contributed by atoms with Crippen molar-refractivity contribution in [2.24, 2.45) is 0 Å². The Hall–Kier alpha value is -3.77. The number of sulfonamides is 1. The second-order valence-corrected chi connectivity index (χ2v) is 13.6. The SMILES string of the molecule is COc1cccc(CN(C(=O)CN(c2ccc(Cl)c(C(F)(F)F)c2)S(C)(=O)=O)C(Cc2ccccc2)C(=O)NC(C)(C)C)c1. The lowest BCUT2D eigenvalue weighted by Crippen LogP contribution is -2.56. The Morgan fingerprint density at radius 3 is 2.16 bits per heavy atom. The number of nitrogens with one attached hydrogen (secondary N) is 1. The molecular formula is C31H35ClF3N3O5S. The van der Waals surface area contributed by atoms with Gasteiger partial charge < -0.3 is 15.0 Å². The van der Waals surface area contributed by atoms with Crippen LogP contribution in [0.4, 0.5) is 18.9 Å². The third-order valence-corrected chi connectivity index (χ3v) is 7.95. The number of anilines is 1.